The molecule has 0 saturated heterocycles. The first kappa shape index (κ1) is 14.5. The monoisotopic (exact) mass is 313 g/mol. The van der Waals surface area contributed by atoms with Gasteiger partial charge >= 0.3 is 0 Å². The van der Waals surface area contributed by atoms with Gasteiger partial charge in [0.1, 0.15) is 11.4 Å². The summed E-state index contributed by atoms with van der Waals surface area (Å²) >= 11 is 1.38. The average Bonchev–Trinajstić information content (AvgIpc) is 2.94. The molecular formula is C16H15N3O2S. The quantitative estimate of drug-likeness (QED) is 0.802. The van der Waals surface area contributed by atoms with E-state index in [1.807, 2.05) is 36.6 Å². The van der Waals surface area contributed by atoms with Crippen LogP contribution in [0.25, 0.3) is 22.3 Å². The third-order valence-electron chi connectivity index (χ3n) is 3.27. The van der Waals surface area contributed by atoms with Gasteiger partial charge in [0, 0.05) is 23.8 Å². The molecule has 0 atom stereocenters. The number of thiazole rings is 1. The van der Waals surface area contributed by atoms with E-state index in [9.17, 15) is 4.79 Å². The lowest BCUT2D eigenvalue weighted by Crippen LogP contribution is -2.05. The molecule has 0 unspecified atom stereocenters. The van der Waals surface area contributed by atoms with Crippen molar-refractivity contribution in [2.75, 3.05) is 12.4 Å². The van der Waals surface area contributed by atoms with Crippen LogP contribution in [0.3, 0.4) is 0 Å². The molecule has 3 rings (SSSR count). The normalized spacial score (nSPS) is 10.7. The Kier molecular flexibility index (Phi) is 3.77. The van der Waals surface area contributed by atoms with Gasteiger partial charge in [0.25, 0.3) is 0 Å². The van der Waals surface area contributed by atoms with Crippen LogP contribution in [0, 0.1) is 6.92 Å². The molecule has 0 saturated carbocycles. The number of aromatic nitrogens is 2. The van der Waals surface area contributed by atoms with Crippen molar-refractivity contribution in [1.82, 2.24) is 9.97 Å². The molecule has 1 N–H and O–H groups in total. The van der Waals surface area contributed by atoms with Crippen LogP contribution in [0.5, 0.6) is 5.75 Å². The summed E-state index contributed by atoms with van der Waals surface area (Å²) in [5.74, 6) is 0.641. The molecular weight excluding hydrogens is 298 g/mol. The highest BCUT2D eigenvalue weighted by Gasteiger charge is 2.10. The molecule has 2 heterocycles. The van der Waals surface area contributed by atoms with Crippen molar-refractivity contribution < 1.29 is 9.53 Å². The van der Waals surface area contributed by atoms with Crippen LogP contribution in [0.2, 0.25) is 0 Å². The van der Waals surface area contributed by atoms with Gasteiger partial charge in [0.05, 0.1) is 18.3 Å². The highest BCUT2D eigenvalue weighted by Crippen LogP contribution is 2.28. The summed E-state index contributed by atoms with van der Waals surface area (Å²) in [6.45, 7) is 3.51. The van der Waals surface area contributed by atoms with Gasteiger partial charge in [0.2, 0.25) is 5.91 Å². The van der Waals surface area contributed by atoms with Crippen molar-refractivity contribution in [3.05, 3.63) is 35.2 Å². The maximum atomic E-state index is 11.1. The molecule has 22 heavy (non-hydrogen) atoms. The Bertz CT molecular complexity index is 858. The predicted octanol–water partition coefficient (Wildman–Crippen LogP) is 3.63. The van der Waals surface area contributed by atoms with E-state index >= 15 is 0 Å². The summed E-state index contributed by atoms with van der Waals surface area (Å²) in [6.07, 6.45) is 0. The number of anilines is 1. The average molecular weight is 313 g/mol. The number of amides is 1. The zero-order valence-corrected chi connectivity index (χ0v) is 13.3. The zero-order chi connectivity index (χ0) is 15.7. The van der Waals surface area contributed by atoms with Gasteiger partial charge in [-0.25, -0.2) is 9.97 Å². The minimum absolute atomic E-state index is 0.131. The van der Waals surface area contributed by atoms with Crippen LogP contribution >= 0.6 is 11.3 Å². The van der Waals surface area contributed by atoms with E-state index in [1.165, 1.54) is 18.3 Å². The lowest BCUT2D eigenvalue weighted by atomic mass is 10.1. The topological polar surface area (TPSA) is 64.1 Å². The van der Waals surface area contributed by atoms with E-state index in [0.29, 0.717) is 5.13 Å². The fraction of sp³-hybridized carbons (Fsp3) is 0.188. The summed E-state index contributed by atoms with van der Waals surface area (Å²) in [6, 6.07) is 7.84. The molecule has 5 nitrogen and oxygen atoms in total. The van der Waals surface area contributed by atoms with E-state index in [1.54, 1.807) is 7.11 Å². The number of methoxy groups -OCH3 is 1. The van der Waals surface area contributed by atoms with Crippen molar-refractivity contribution in [2.24, 2.45) is 0 Å². The molecule has 0 bridgehead atoms. The van der Waals surface area contributed by atoms with Gasteiger partial charge in [-0.3, -0.25) is 4.79 Å². The fourth-order valence-corrected chi connectivity index (χ4v) is 2.99. The van der Waals surface area contributed by atoms with Crippen molar-refractivity contribution in [3.63, 3.8) is 0 Å². The number of rotatable bonds is 3. The fourth-order valence-electron chi connectivity index (χ4n) is 2.24. The first-order valence-corrected chi connectivity index (χ1v) is 7.63. The number of fused-ring (bicyclic) bond motifs is 1. The number of ether oxygens (including phenoxy) is 1. The predicted molar refractivity (Wildman–Crippen MR) is 88.4 cm³/mol. The van der Waals surface area contributed by atoms with Crippen LogP contribution in [0.1, 0.15) is 12.5 Å². The molecule has 0 aliphatic carbocycles. The summed E-state index contributed by atoms with van der Waals surface area (Å²) < 4.78 is 5.25. The number of hydrogen-bond acceptors (Lipinski definition) is 5. The van der Waals surface area contributed by atoms with E-state index in [-0.39, 0.29) is 5.91 Å². The van der Waals surface area contributed by atoms with E-state index in [4.69, 9.17) is 4.74 Å². The highest BCUT2D eigenvalue weighted by molar-refractivity contribution is 7.14. The zero-order valence-electron chi connectivity index (χ0n) is 12.5. The summed E-state index contributed by atoms with van der Waals surface area (Å²) in [5.41, 5.74) is 3.52. The van der Waals surface area contributed by atoms with Crippen molar-refractivity contribution >= 4 is 33.3 Å². The van der Waals surface area contributed by atoms with Gasteiger partial charge < -0.3 is 10.1 Å². The largest absolute Gasteiger partial charge is 0.497 e. The Morgan fingerprint density at radius 3 is 2.77 bits per heavy atom. The molecule has 3 aromatic rings. The maximum Gasteiger partial charge on any atom is 0.223 e. The second kappa shape index (κ2) is 5.73. The van der Waals surface area contributed by atoms with Crippen LogP contribution < -0.4 is 10.1 Å². The Morgan fingerprint density at radius 2 is 2.05 bits per heavy atom. The van der Waals surface area contributed by atoms with Crippen molar-refractivity contribution in [2.45, 2.75) is 13.8 Å². The SMILES string of the molecule is COc1ccc2c(C)cc(-c3csc(NC(C)=O)n3)nc2c1. The number of aryl methyl sites for hydroxylation is 1. The van der Waals surface area contributed by atoms with Gasteiger partial charge in [0.15, 0.2) is 5.13 Å². The van der Waals surface area contributed by atoms with E-state index in [2.05, 4.69) is 15.3 Å². The highest BCUT2D eigenvalue weighted by atomic mass is 32.1. The second-order valence-electron chi connectivity index (χ2n) is 4.93. The number of nitrogens with zero attached hydrogens (tertiary/aromatic N) is 2. The van der Waals surface area contributed by atoms with Gasteiger partial charge in [-0.1, -0.05) is 0 Å². The van der Waals surface area contributed by atoms with Crippen LogP contribution in [-0.4, -0.2) is 23.0 Å². The molecule has 1 amide bonds. The molecule has 6 heteroatoms. The molecule has 0 radical (unpaired) electrons. The molecule has 0 aliphatic heterocycles. The first-order valence-electron chi connectivity index (χ1n) is 6.75. The Morgan fingerprint density at radius 1 is 1.23 bits per heavy atom. The third kappa shape index (κ3) is 2.78. The molecule has 0 fully saturated rings. The Hall–Kier alpha value is -2.47. The number of hydrogen-bond donors (Lipinski definition) is 1. The van der Waals surface area contributed by atoms with Gasteiger partial charge in [-0.15, -0.1) is 11.3 Å². The molecule has 0 aliphatic rings. The number of carbonyl (C=O) groups is 1. The van der Waals surface area contributed by atoms with Gasteiger partial charge in [-0.2, -0.15) is 0 Å². The summed E-state index contributed by atoms with van der Waals surface area (Å²) in [4.78, 5) is 20.1. The van der Waals surface area contributed by atoms with E-state index < -0.39 is 0 Å². The van der Waals surface area contributed by atoms with Crippen molar-refractivity contribution in [1.29, 1.82) is 0 Å². The van der Waals surface area contributed by atoms with Crippen LogP contribution in [0.15, 0.2) is 29.6 Å². The number of nitrogens with one attached hydrogen (secondary N) is 1. The molecule has 1 aromatic carbocycles. The lowest BCUT2D eigenvalue weighted by molar-refractivity contribution is -0.114. The minimum atomic E-state index is -0.131. The second-order valence-corrected chi connectivity index (χ2v) is 5.78. The standard InChI is InChI=1S/C16H15N3O2S/c1-9-6-14(15-8-22-16(19-15)17-10(2)20)18-13-7-11(21-3)4-5-12(9)13/h4-8H,1-3H3,(H,17,19,20). The third-order valence-corrected chi connectivity index (χ3v) is 4.03. The summed E-state index contributed by atoms with van der Waals surface area (Å²) in [7, 11) is 1.64. The first-order chi connectivity index (χ1) is 10.6. The Labute approximate surface area is 132 Å². The molecule has 112 valence electrons. The molecule has 2 aromatic heterocycles. The Balaban J connectivity index is 2.06. The number of benzene rings is 1. The van der Waals surface area contributed by atoms with E-state index in [0.717, 1.165) is 33.6 Å². The minimum Gasteiger partial charge on any atom is -0.497 e. The van der Waals surface area contributed by atoms with Crippen LogP contribution in [0.4, 0.5) is 5.13 Å². The maximum absolute atomic E-state index is 11.1. The van der Waals surface area contributed by atoms with Crippen molar-refractivity contribution in [3.8, 4) is 17.1 Å². The van der Waals surface area contributed by atoms with Gasteiger partial charge in [-0.05, 0) is 30.7 Å². The summed E-state index contributed by atoms with van der Waals surface area (Å²) in [5, 5.41) is 6.24. The molecule has 0 spiro atoms. The lowest BCUT2D eigenvalue weighted by Gasteiger charge is -2.07. The smallest absolute Gasteiger partial charge is 0.223 e. The number of carbonyl (C=O) groups excluding carboxylic acids is 1. The van der Waals surface area contributed by atoms with Crippen LogP contribution in [-0.2, 0) is 4.79 Å². The number of pyridine rings is 1.